The molecule has 0 bridgehead atoms. The molecular formula is C40H50ClN7O6S. The lowest BCUT2D eigenvalue weighted by atomic mass is 9.92. The van der Waals surface area contributed by atoms with E-state index in [1.165, 1.54) is 18.2 Å². The van der Waals surface area contributed by atoms with Gasteiger partial charge < -0.3 is 24.5 Å². The van der Waals surface area contributed by atoms with Crippen LogP contribution in [0.2, 0.25) is 0 Å². The average Bonchev–Trinajstić information content (AvgIpc) is 3.62. The lowest BCUT2D eigenvalue weighted by molar-refractivity contribution is -0.0239. The molecule has 55 heavy (non-hydrogen) atoms. The van der Waals surface area contributed by atoms with E-state index >= 15 is 0 Å². The van der Waals surface area contributed by atoms with Crippen LogP contribution in [0.1, 0.15) is 86.8 Å². The molecule has 0 aliphatic carbocycles. The van der Waals surface area contributed by atoms with E-state index in [-0.39, 0.29) is 64.5 Å². The first-order valence-corrected chi connectivity index (χ1v) is 19.5. The molecule has 4 heterocycles. The Hall–Kier alpha value is -4.63. The highest BCUT2D eigenvalue weighted by Gasteiger charge is 2.33. The third-order valence-electron chi connectivity index (χ3n) is 9.71. The van der Waals surface area contributed by atoms with E-state index in [4.69, 9.17) is 19.4 Å². The summed E-state index contributed by atoms with van der Waals surface area (Å²) in [5.74, 6) is -1.29. The number of aromatic carboxylic acids is 1. The number of sulfonamides is 1. The normalized spacial score (nSPS) is 16.1. The summed E-state index contributed by atoms with van der Waals surface area (Å²) >= 11 is 0. The number of aryl methyl sites for hydroxylation is 3. The molecule has 15 heteroatoms. The van der Waals surface area contributed by atoms with Crippen LogP contribution in [0.25, 0.3) is 22.4 Å². The van der Waals surface area contributed by atoms with Crippen molar-refractivity contribution in [3.05, 3.63) is 88.9 Å². The van der Waals surface area contributed by atoms with Crippen molar-refractivity contribution in [3.8, 4) is 17.1 Å². The Morgan fingerprint density at radius 2 is 1.78 bits per heavy atom. The van der Waals surface area contributed by atoms with Gasteiger partial charge in [0.15, 0.2) is 5.65 Å². The van der Waals surface area contributed by atoms with Gasteiger partial charge in [0.25, 0.3) is 10.0 Å². The number of carboxylic acids is 1. The summed E-state index contributed by atoms with van der Waals surface area (Å²) in [4.78, 5) is 30.1. The van der Waals surface area contributed by atoms with Crippen molar-refractivity contribution >= 4 is 45.5 Å². The number of fused-ring (bicyclic) bond motifs is 1. The number of ether oxygens (including phenoxy) is 2. The Morgan fingerprint density at radius 3 is 2.44 bits per heavy atom. The molecule has 0 amide bonds. The van der Waals surface area contributed by atoms with Crippen LogP contribution in [0.4, 0.5) is 5.95 Å². The first-order valence-electron chi connectivity index (χ1n) is 18.1. The number of aromatic nitrogens is 5. The monoisotopic (exact) mass is 791 g/mol. The quantitative estimate of drug-likeness (QED) is 0.111. The van der Waals surface area contributed by atoms with Crippen LogP contribution in [0.3, 0.4) is 0 Å². The fourth-order valence-electron chi connectivity index (χ4n) is 6.99. The zero-order valence-corrected chi connectivity index (χ0v) is 34.1. The minimum atomic E-state index is -4.27. The van der Waals surface area contributed by atoms with E-state index in [9.17, 15) is 18.3 Å². The van der Waals surface area contributed by atoms with Crippen molar-refractivity contribution in [3.63, 3.8) is 0 Å². The fraction of sp³-hybridized carbons (Fsp3) is 0.425. The van der Waals surface area contributed by atoms with Crippen LogP contribution in [0.15, 0.2) is 65.7 Å². The summed E-state index contributed by atoms with van der Waals surface area (Å²) in [7, 11) is -2.25. The Kier molecular flexibility index (Phi) is 12.3. The number of nitrogens with one attached hydrogen (secondary N) is 2. The highest BCUT2D eigenvalue weighted by atomic mass is 35.5. The summed E-state index contributed by atoms with van der Waals surface area (Å²) in [5.41, 5.74) is 6.32. The average molecular weight is 792 g/mol. The molecule has 1 saturated heterocycles. The van der Waals surface area contributed by atoms with Gasteiger partial charge in [0, 0.05) is 42.4 Å². The van der Waals surface area contributed by atoms with Crippen molar-refractivity contribution in [2.24, 2.45) is 7.05 Å². The van der Waals surface area contributed by atoms with Gasteiger partial charge in [-0.2, -0.15) is 4.98 Å². The van der Waals surface area contributed by atoms with Crippen molar-refractivity contribution in [1.29, 1.82) is 0 Å². The number of hydrogen-bond donors (Lipinski definition) is 3. The maximum atomic E-state index is 13.5. The van der Waals surface area contributed by atoms with Gasteiger partial charge in [-0.25, -0.2) is 27.9 Å². The number of nitrogens with zero attached hydrogens (tertiary/aromatic N) is 5. The van der Waals surface area contributed by atoms with Gasteiger partial charge in [-0.1, -0.05) is 45.0 Å². The number of carbonyl (C=O) groups is 1. The molecule has 0 spiro atoms. The number of benzene rings is 2. The summed E-state index contributed by atoms with van der Waals surface area (Å²) < 4.78 is 44.3. The molecule has 5 aromatic rings. The maximum Gasteiger partial charge on any atom is 0.335 e. The predicted octanol–water partition coefficient (Wildman–Crippen LogP) is 7.15. The molecule has 3 N–H and O–H groups in total. The first-order chi connectivity index (χ1) is 25.4. The molecule has 1 aliphatic heterocycles. The number of rotatable bonds is 13. The van der Waals surface area contributed by atoms with Crippen molar-refractivity contribution < 1.29 is 27.8 Å². The van der Waals surface area contributed by atoms with E-state index in [2.05, 4.69) is 65.3 Å². The van der Waals surface area contributed by atoms with Crippen LogP contribution in [0.5, 0.6) is 5.88 Å². The van der Waals surface area contributed by atoms with Gasteiger partial charge in [-0.15, -0.1) is 12.4 Å². The molecule has 0 unspecified atom stereocenters. The Balaban J connectivity index is 0.00000580. The summed E-state index contributed by atoms with van der Waals surface area (Å²) in [6, 6.07) is 14.5. The van der Waals surface area contributed by atoms with E-state index in [0.29, 0.717) is 18.7 Å². The molecule has 6 rings (SSSR count). The third-order valence-corrected chi connectivity index (χ3v) is 11.0. The molecule has 1 aliphatic rings. The second-order valence-electron chi connectivity index (χ2n) is 15.7. The minimum Gasteiger partial charge on any atom is -0.478 e. The van der Waals surface area contributed by atoms with Crippen LogP contribution in [-0.4, -0.2) is 68.4 Å². The number of hydrogen-bond acceptors (Lipinski definition) is 10. The smallest absolute Gasteiger partial charge is 0.335 e. The number of halogens is 1. The first kappa shape index (κ1) is 41.5. The van der Waals surface area contributed by atoms with Crippen LogP contribution in [-0.2, 0) is 33.8 Å². The van der Waals surface area contributed by atoms with Gasteiger partial charge in [0.05, 0.1) is 39.7 Å². The second-order valence-corrected chi connectivity index (χ2v) is 17.4. The van der Waals surface area contributed by atoms with E-state index in [1.807, 2.05) is 39.1 Å². The Morgan fingerprint density at radius 1 is 1.07 bits per heavy atom. The van der Waals surface area contributed by atoms with E-state index in [1.54, 1.807) is 12.3 Å². The van der Waals surface area contributed by atoms with Crippen molar-refractivity contribution in [1.82, 2.24) is 29.8 Å². The summed E-state index contributed by atoms with van der Waals surface area (Å²) in [5, 5.41) is 13.1. The second kappa shape index (κ2) is 16.2. The third kappa shape index (κ3) is 9.79. The number of carboxylic acid groups (broad SMARTS) is 1. The van der Waals surface area contributed by atoms with E-state index < -0.39 is 16.0 Å². The SMILES string of the molecule is Cc1cccc(C)c1-c1cc(OC[C@@H](C[C@H]2CCC(C)(C)O2)NCc2cnc3cc(C(C)(C)C)n(C)c3n2)nc(NS(=O)(=O)c2cccc(C(=O)O)c2)n1.Cl. The summed E-state index contributed by atoms with van der Waals surface area (Å²) in [6.45, 7) is 15.2. The minimum absolute atomic E-state index is 0. The van der Waals surface area contributed by atoms with Gasteiger partial charge in [0.1, 0.15) is 12.1 Å². The standard InChI is InChI=1S/C40H49N7O6S.ClH/c1-24-11-9-12-25(2)35(24)31-20-34(45-38(44-31)46-54(50,51)30-14-10-13-26(17-30)37(48)49)52-23-27(18-29-15-16-40(6,7)53-29)41-21-28-22-42-32-19-33(39(3,4)5)47(8)36(32)43-28;/h9-14,17,19-20,22,27,29,41H,15-16,18,21,23H2,1-8H3,(H,48,49)(H,44,45,46);1H/t27-,29-;/m1./s1. The highest BCUT2D eigenvalue weighted by molar-refractivity contribution is 7.92. The molecule has 0 saturated carbocycles. The van der Waals surface area contributed by atoms with Gasteiger partial charge in [-0.05, 0) is 82.3 Å². The Bertz CT molecular complexity index is 2290. The lowest BCUT2D eigenvalue weighted by Crippen LogP contribution is -2.38. The molecule has 13 nitrogen and oxygen atoms in total. The van der Waals surface area contributed by atoms with Crippen LogP contribution >= 0.6 is 12.4 Å². The van der Waals surface area contributed by atoms with Gasteiger partial charge >= 0.3 is 5.97 Å². The van der Waals surface area contributed by atoms with Crippen LogP contribution < -0.4 is 14.8 Å². The highest BCUT2D eigenvalue weighted by Crippen LogP contribution is 2.33. The van der Waals surface area contributed by atoms with Crippen molar-refractivity contribution in [2.45, 2.75) is 102 Å². The topological polar surface area (TPSA) is 170 Å². The largest absolute Gasteiger partial charge is 0.478 e. The molecule has 2 atom stereocenters. The predicted molar refractivity (Wildman–Crippen MR) is 215 cm³/mol. The van der Waals surface area contributed by atoms with Gasteiger partial charge in [0.2, 0.25) is 11.8 Å². The lowest BCUT2D eigenvalue weighted by Gasteiger charge is -2.24. The molecule has 294 valence electrons. The fourth-order valence-corrected chi connectivity index (χ4v) is 7.98. The molecule has 1 fully saturated rings. The van der Waals surface area contributed by atoms with E-state index in [0.717, 1.165) is 58.2 Å². The zero-order chi connectivity index (χ0) is 39.0. The molecule has 2 aromatic carbocycles. The zero-order valence-electron chi connectivity index (χ0n) is 32.5. The molecular weight excluding hydrogens is 742 g/mol. The maximum absolute atomic E-state index is 13.5. The molecule has 0 radical (unpaired) electrons. The molecule has 3 aromatic heterocycles. The van der Waals surface area contributed by atoms with Crippen molar-refractivity contribution in [2.75, 3.05) is 11.3 Å². The van der Waals surface area contributed by atoms with Gasteiger partial charge in [-0.3, -0.25) is 4.98 Å². The Labute approximate surface area is 328 Å². The number of anilines is 1. The van der Waals surface area contributed by atoms with Crippen LogP contribution in [0, 0.1) is 13.8 Å². The summed E-state index contributed by atoms with van der Waals surface area (Å²) in [6.07, 6.45) is 4.32.